The van der Waals surface area contributed by atoms with Crippen LogP contribution in [0.25, 0.3) is 0 Å². The predicted octanol–water partition coefficient (Wildman–Crippen LogP) is 1.57. The highest BCUT2D eigenvalue weighted by atomic mass is 16.5. The third kappa shape index (κ3) is 7.50. The second kappa shape index (κ2) is 7.50. The Bertz CT molecular complexity index is 61.9. The molecule has 0 saturated heterocycles. The first-order valence-electron chi connectivity index (χ1n) is 3.13. The molecule has 0 spiro atoms. The van der Waals surface area contributed by atoms with Crippen LogP contribution in [0.5, 0.6) is 0 Å². The zero-order valence-corrected chi connectivity index (χ0v) is 5.93. The molecule has 0 aromatic carbocycles. The summed E-state index contributed by atoms with van der Waals surface area (Å²) in [6.45, 7) is 5.00. The summed E-state index contributed by atoms with van der Waals surface area (Å²) in [5, 5.41) is 0. The summed E-state index contributed by atoms with van der Waals surface area (Å²) in [7, 11) is 1.70. The van der Waals surface area contributed by atoms with Gasteiger partial charge in [-0.2, -0.15) is 0 Å². The summed E-state index contributed by atoms with van der Waals surface area (Å²) in [4.78, 5) is 0. The first-order chi connectivity index (χ1) is 4.41. The van der Waals surface area contributed by atoms with E-state index in [2.05, 4.69) is 6.58 Å². The highest BCUT2D eigenvalue weighted by Crippen LogP contribution is 1.89. The molecule has 2 nitrogen and oxygen atoms in total. The van der Waals surface area contributed by atoms with E-state index in [-0.39, 0.29) is 0 Å². The SMILES string of the molecule is C=COCCCCOC. The quantitative estimate of drug-likeness (QED) is 0.401. The Balaban J connectivity index is 2.66. The van der Waals surface area contributed by atoms with Crippen LogP contribution in [-0.2, 0) is 9.47 Å². The van der Waals surface area contributed by atoms with E-state index < -0.39 is 0 Å². The first-order valence-corrected chi connectivity index (χ1v) is 3.13. The van der Waals surface area contributed by atoms with Crippen molar-refractivity contribution in [2.24, 2.45) is 0 Å². The molecule has 0 rings (SSSR count). The van der Waals surface area contributed by atoms with Crippen LogP contribution in [-0.4, -0.2) is 20.3 Å². The van der Waals surface area contributed by atoms with Gasteiger partial charge >= 0.3 is 0 Å². The molecule has 0 atom stereocenters. The minimum atomic E-state index is 0.757. The zero-order valence-electron chi connectivity index (χ0n) is 5.93. The molecule has 0 radical (unpaired) electrons. The summed E-state index contributed by atoms with van der Waals surface area (Å²) in [6, 6.07) is 0. The van der Waals surface area contributed by atoms with Gasteiger partial charge in [-0.3, -0.25) is 0 Å². The van der Waals surface area contributed by atoms with Crippen LogP contribution < -0.4 is 0 Å². The van der Waals surface area contributed by atoms with Crippen LogP contribution in [0.15, 0.2) is 12.8 Å². The lowest BCUT2D eigenvalue weighted by Gasteiger charge is -1.98. The van der Waals surface area contributed by atoms with Gasteiger partial charge in [-0.05, 0) is 12.8 Å². The van der Waals surface area contributed by atoms with Gasteiger partial charge in [0.2, 0.25) is 0 Å². The Labute approximate surface area is 56.5 Å². The van der Waals surface area contributed by atoms with Crippen LogP contribution in [0, 0.1) is 0 Å². The lowest BCUT2D eigenvalue weighted by Crippen LogP contribution is -1.92. The normalized spacial score (nSPS) is 9.00. The molecule has 0 aromatic heterocycles. The van der Waals surface area contributed by atoms with Crippen molar-refractivity contribution in [3.8, 4) is 0 Å². The summed E-state index contributed by atoms with van der Waals surface area (Å²) < 4.78 is 9.73. The van der Waals surface area contributed by atoms with E-state index in [0.29, 0.717) is 0 Å². The number of hydrogen-bond acceptors (Lipinski definition) is 2. The standard InChI is InChI=1S/C7H14O2/c1-3-9-7-5-4-6-8-2/h3H,1,4-7H2,2H3. The average molecular weight is 130 g/mol. The first kappa shape index (κ1) is 8.50. The topological polar surface area (TPSA) is 18.5 Å². The zero-order chi connectivity index (χ0) is 6.95. The Kier molecular flexibility index (Phi) is 7.08. The summed E-state index contributed by atoms with van der Waals surface area (Å²) in [5.41, 5.74) is 0. The van der Waals surface area contributed by atoms with Gasteiger partial charge < -0.3 is 9.47 Å². The van der Waals surface area contributed by atoms with Crippen LogP contribution >= 0.6 is 0 Å². The minimum Gasteiger partial charge on any atom is -0.502 e. The number of ether oxygens (including phenoxy) is 2. The van der Waals surface area contributed by atoms with E-state index in [9.17, 15) is 0 Å². The minimum absolute atomic E-state index is 0.757. The fraction of sp³-hybridized carbons (Fsp3) is 0.714. The molecule has 0 aliphatic heterocycles. The maximum atomic E-state index is 4.89. The van der Waals surface area contributed by atoms with Crippen molar-refractivity contribution in [1.82, 2.24) is 0 Å². The van der Waals surface area contributed by atoms with Crippen LogP contribution in [0.2, 0.25) is 0 Å². The number of rotatable bonds is 6. The molecule has 0 fully saturated rings. The van der Waals surface area contributed by atoms with Gasteiger partial charge in [-0.1, -0.05) is 6.58 Å². The Morgan fingerprint density at radius 1 is 1.33 bits per heavy atom. The van der Waals surface area contributed by atoms with E-state index in [1.807, 2.05) is 0 Å². The molecular formula is C7H14O2. The Morgan fingerprint density at radius 3 is 2.56 bits per heavy atom. The van der Waals surface area contributed by atoms with Gasteiger partial charge in [0.15, 0.2) is 0 Å². The summed E-state index contributed by atoms with van der Waals surface area (Å²) in [6.07, 6.45) is 3.57. The summed E-state index contributed by atoms with van der Waals surface area (Å²) >= 11 is 0. The lowest BCUT2D eigenvalue weighted by atomic mass is 10.3. The monoisotopic (exact) mass is 130 g/mol. The number of hydrogen-bond donors (Lipinski definition) is 0. The smallest absolute Gasteiger partial charge is 0.0873 e. The highest BCUT2D eigenvalue weighted by molar-refractivity contribution is 4.48. The molecule has 9 heavy (non-hydrogen) atoms. The molecule has 0 amide bonds. The van der Waals surface area contributed by atoms with Crippen molar-refractivity contribution in [2.75, 3.05) is 20.3 Å². The van der Waals surface area contributed by atoms with Gasteiger partial charge in [-0.25, -0.2) is 0 Å². The average Bonchev–Trinajstić information content (AvgIpc) is 1.89. The van der Waals surface area contributed by atoms with Crippen molar-refractivity contribution < 1.29 is 9.47 Å². The molecule has 0 aliphatic rings. The molecule has 0 unspecified atom stereocenters. The second-order valence-electron chi connectivity index (χ2n) is 1.74. The fourth-order valence-corrected chi connectivity index (χ4v) is 0.515. The van der Waals surface area contributed by atoms with Crippen molar-refractivity contribution in [1.29, 1.82) is 0 Å². The second-order valence-corrected chi connectivity index (χ2v) is 1.74. The van der Waals surface area contributed by atoms with Crippen molar-refractivity contribution in [3.63, 3.8) is 0 Å². The van der Waals surface area contributed by atoms with Crippen LogP contribution in [0.4, 0.5) is 0 Å². The van der Waals surface area contributed by atoms with Crippen molar-refractivity contribution in [2.45, 2.75) is 12.8 Å². The lowest BCUT2D eigenvalue weighted by molar-refractivity contribution is 0.175. The van der Waals surface area contributed by atoms with E-state index in [1.165, 1.54) is 6.26 Å². The van der Waals surface area contributed by atoms with Crippen molar-refractivity contribution >= 4 is 0 Å². The maximum Gasteiger partial charge on any atom is 0.0873 e. The molecule has 0 saturated carbocycles. The maximum absolute atomic E-state index is 4.89. The third-order valence-corrected chi connectivity index (χ3v) is 0.979. The predicted molar refractivity (Wildman–Crippen MR) is 37.3 cm³/mol. The molecular weight excluding hydrogens is 116 g/mol. The van der Waals surface area contributed by atoms with Gasteiger partial charge in [0.25, 0.3) is 0 Å². The summed E-state index contributed by atoms with van der Waals surface area (Å²) in [5.74, 6) is 0. The van der Waals surface area contributed by atoms with Gasteiger partial charge in [0, 0.05) is 13.7 Å². The number of unbranched alkanes of at least 4 members (excludes halogenated alkanes) is 1. The Hall–Kier alpha value is -0.500. The van der Waals surface area contributed by atoms with E-state index >= 15 is 0 Å². The van der Waals surface area contributed by atoms with Gasteiger partial charge in [-0.15, -0.1) is 0 Å². The van der Waals surface area contributed by atoms with Crippen LogP contribution in [0.1, 0.15) is 12.8 Å². The van der Waals surface area contributed by atoms with Gasteiger partial charge in [0.1, 0.15) is 0 Å². The fourth-order valence-electron chi connectivity index (χ4n) is 0.515. The molecule has 0 heterocycles. The van der Waals surface area contributed by atoms with E-state index in [0.717, 1.165) is 26.1 Å². The van der Waals surface area contributed by atoms with Crippen LogP contribution in [0.3, 0.4) is 0 Å². The molecule has 0 aromatic rings. The highest BCUT2D eigenvalue weighted by Gasteiger charge is 1.84. The van der Waals surface area contributed by atoms with Crippen molar-refractivity contribution in [3.05, 3.63) is 12.8 Å². The largest absolute Gasteiger partial charge is 0.502 e. The molecule has 54 valence electrons. The molecule has 0 aliphatic carbocycles. The van der Waals surface area contributed by atoms with Gasteiger partial charge in [0.05, 0.1) is 12.9 Å². The van der Waals surface area contributed by atoms with E-state index in [1.54, 1.807) is 7.11 Å². The Morgan fingerprint density at radius 2 is 2.00 bits per heavy atom. The molecule has 0 bridgehead atoms. The third-order valence-electron chi connectivity index (χ3n) is 0.979. The van der Waals surface area contributed by atoms with E-state index in [4.69, 9.17) is 9.47 Å². The number of methoxy groups -OCH3 is 1. The molecule has 0 N–H and O–H groups in total. The molecule has 2 heteroatoms.